The molecule has 1 heterocycles. The number of carbonyl (C=O) groups is 2. The van der Waals surface area contributed by atoms with E-state index in [1.807, 2.05) is 13.8 Å². The predicted molar refractivity (Wildman–Crippen MR) is 137 cm³/mol. The molecule has 0 saturated carbocycles. The molecule has 198 valence electrons. The minimum Gasteiger partial charge on any atom is -0.494 e. The van der Waals surface area contributed by atoms with Crippen molar-refractivity contribution in [2.45, 2.75) is 46.6 Å². The lowest BCUT2D eigenvalue weighted by Gasteiger charge is -2.24. The van der Waals surface area contributed by atoms with Gasteiger partial charge in [-0.15, -0.1) is 0 Å². The Morgan fingerprint density at radius 2 is 1.81 bits per heavy atom. The summed E-state index contributed by atoms with van der Waals surface area (Å²) in [6, 6.07) is 6.42. The lowest BCUT2D eigenvalue weighted by molar-refractivity contribution is -0.121. The minimum absolute atomic E-state index is 0.0376. The average molecular weight is 505 g/mol. The molecule has 1 amide bonds. The molecule has 0 radical (unpaired) electrons. The number of nitrogens with zero attached hydrogens (tertiary/aromatic N) is 2. The SMILES string of the molecule is CCCCCOc1ccc(C(=O)OCC(=O)N(CCOC)c2c(N)n(CC(C)C)c(=O)[nH]c2=O)cc1. The second kappa shape index (κ2) is 14.1. The van der Waals surface area contributed by atoms with Gasteiger partial charge in [0.05, 0.1) is 18.8 Å². The van der Waals surface area contributed by atoms with Crippen molar-refractivity contribution in [1.82, 2.24) is 9.55 Å². The molecule has 36 heavy (non-hydrogen) atoms. The van der Waals surface area contributed by atoms with Crippen molar-refractivity contribution in [3.05, 3.63) is 50.7 Å². The first kappa shape index (κ1) is 28.6. The van der Waals surface area contributed by atoms with Crippen molar-refractivity contribution in [3.8, 4) is 5.75 Å². The molecule has 0 fully saturated rings. The molecule has 11 nitrogen and oxygen atoms in total. The Morgan fingerprint density at radius 3 is 2.42 bits per heavy atom. The minimum atomic E-state index is -0.817. The number of esters is 1. The number of hydrogen-bond acceptors (Lipinski definition) is 8. The van der Waals surface area contributed by atoms with Crippen LogP contribution in [0.25, 0.3) is 0 Å². The van der Waals surface area contributed by atoms with E-state index in [4.69, 9.17) is 19.9 Å². The monoisotopic (exact) mass is 504 g/mol. The molecule has 1 aromatic heterocycles. The summed E-state index contributed by atoms with van der Waals surface area (Å²) in [5, 5.41) is 0. The van der Waals surface area contributed by atoms with Gasteiger partial charge in [0.1, 0.15) is 11.6 Å². The van der Waals surface area contributed by atoms with Crippen LogP contribution in [0.3, 0.4) is 0 Å². The van der Waals surface area contributed by atoms with Crippen molar-refractivity contribution >= 4 is 23.4 Å². The van der Waals surface area contributed by atoms with Crippen LogP contribution in [-0.4, -0.2) is 54.9 Å². The van der Waals surface area contributed by atoms with Crippen molar-refractivity contribution in [1.29, 1.82) is 0 Å². The summed E-state index contributed by atoms with van der Waals surface area (Å²) in [6.45, 7) is 6.13. The van der Waals surface area contributed by atoms with Gasteiger partial charge in [0.15, 0.2) is 12.3 Å². The van der Waals surface area contributed by atoms with Gasteiger partial charge in [-0.2, -0.15) is 0 Å². The molecule has 0 spiro atoms. The lowest BCUT2D eigenvalue weighted by atomic mass is 10.2. The zero-order valence-electron chi connectivity index (χ0n) is 21.4. The normalized spacial score (nSPS) is 10.9. The van der Waals surface area contributed by atoms with Crippen LogP contribution in [0.15, 0.2) is 33.9 Å². The maximum absolute atomic E-state index is 13.0. The fourth-order valence-electron chi connectivity index (χ4n) is 3.45. The number of rotatable bonds is 14. The van der Waals surface area contributed by atoms with Crippen LogP contribution in [0.1, 0.15) is 50.4 Å². The Labute approximate surface area is 210 Å². The van der Waals surface area contributed by atoms with E-state index in [9.17, 15) is 19.2 Å². The Bertz CT molecular complexity index is 1120. The van der Waals surface area contributed by atoms with E-state index in [-0.39, 0.29) is 42.7 Å². The van der Waals surface area contributed by atoms with Gasteiger partial charge in [-0.1, -0.05) is 33.6 Å². The highest BCUT2D eigenvalue weighted by Crippen LogP contribution is 2.18. The molecule has 1 aromatic carbocycles. The number of nitrogens with two attached hydrogens (primary N) is 1. The molecule has 11 heteroatoms. The van der Waals surface area contributed by atoms with Gasteiger partial charge < -0.3 is 19.9 Å². The molecule has 0 aliphatic rings. The van der Waals surface area contributed by atoms with Crippen molar-refractivity contribution in [3.63, 3.8) is 0 Å². The van der Waals surface area contributed by atoms with Crippen LogP contribution < -0.4 is 26.6 Å². The number of carbonyl (C=O) groups excluding carboxylic acids is 2. The number of amides is 1. The summed E-state index contributed by atoms with van der Waals surface area (Å²) >= 11 is 0. The number of aromatic amines is 1. The van der Waals surface area contributed by atoms with Gasteiger partial charge in [0.2, 0.25) is 0 Å². The summed E-state index contributed by atoms with van der Waals surface area (Å²) in [6.07, 6.45) is 3.12. The maximum Gasteiger partial charge on any atom is 0.338 e. The third kappa shape index (κ3) is 7.98. The fourth-order valence-corrected chi connectivity index (χ4v) is 3.45. The van der Waals surface area contributed by atoms with E-state index in [0.717, 1.165) is 24.2 Å². The molecule has 0 atom stereocenters. The number of hydrogen-bond donors (Lipinski definition) is 2. The highest BCUT2D eigenvalue weighted by atomic mass is 16.5. The number of nitrogen functional groups attached to an aromatic ring is 1. The van der Waals surface area contributed by atoms with Crippen molar-refractivity contribution < 1.29 is 23.8 Å². The van der Waals surface area contributed by atoms with Gasteiger partial charge in [-0.05, 0) is 36.6 Å². The quantitative estimate of drug-likeness (QED) is 0.294. The van der Waals surface area contributed by atoms with Crippen LogP contribution in [0.4, 0.5) is 11.5 Å². The predicted octanol–water partition coefficient (Wildman–Crippen LogP) is 2.18. The van der Waals surface area contributed by atoms with Gasteiger partial charge in [0, 0.05) is 20.2 Å². The number of H-pyrrole nitrogens is 1. The third-order valence-electron chi connectivity index (χ3n) is 5.29. The second-order valence-electron chi connectivity index (χ2n) is 8.69. The summed E-state index contributed by atoms with van der Waals surface area (Å²) < 4.78 is 17.1. The number of methoxy groups -OCH3 is 1. The smallest absolute Gasteiger partial charge is 0.338 e. The van der Waals surface area contributed by atoms with Crippen LogP contribution in [0.5, 0.6) is 5.75 Å². The topological polar surface area (TPSA) is 146 Å². The number of benzene rings is 1. The van der Waals surface area contributed by atoms with E-state index in [0.29, 0.717) is 12.4 Å². The largest absolute Gasteiger partial charge is 0.494 e. The van der Waals surface area contributed by atoms with Crippen LogP contribution in [0, 0.1) is 5.92 Å². The van der Waals surface area contributed by atoms with E-state index in [1.54, 1.807) is 24.3 Å². The molecule has 2 rings (SSSR count). The Kier molecular flexibility index (Phi) is 11.2. The number of ether oxygens (including phenoxy) is 3. The second-order valence-corrected chi connectivity index (χ2v) is 8.69. The molecule has 0 saturated heterocycles. The average Bonchev–Trinajstić information content (AvgIpc) is 2.84. The van der Waals surface area contributed by atoms with Crippen molar-refractivity contribution in [2.24, 2.45) is 5.92 Å². The first-order chi connectivity index (χ1) is 17.2. The Morgan fingerprint density at radius 1 is 1.11 bits per heavy atom. The highest BCUT2D eigenvalue weighted by Gasteiger charge is 2.25. The number of unbranched alkanes of at least 4 members (excludes halogenated alkanes) is 2. The molecule has 0 bridgehead atoms. The number of nitrogens with one attached hydrogen (secondary N) is 1. The van der Waals surface area contributed by atoms with Crippen LogP contribution in [0.2, 0.25) is 0 Å². The molecule has 0 aliphatic heterocycles. The first-order valence-electron chi connectivity index (χ1n) is 12.0. The number of anilines is 2. The van der Waals surface area contributed by atoms with E-state index in [1.165, 1.54) is 11.7 Å². The standard InChI is InChI=1S/C25H36N4O7/c1-5-6-7-13-35-19-10-8-18(9-11-19)24(32)36-16-20(30)28(12-14-34-4)21-22(26)29(15-17(2)3)25(33)27-23(21)31/h8-11,17H,5-7,12-16,26H2,1-4H3,(H,27,31,33). The molecule has 0 unspecified atom stereocenters. The van der Waals surface area contributed by atoms with Crippen LogP contribution in [-0.2, 0) is 20.8 Å². The highest BCUT2D eigenvalue weighted by molar-refractivity contribution is 5.98. The van der Waals surface area contributed by atoms with Gasteiger partial charge >= 0.3 is 11.7 Å². The van der Waals surface area contributed by atoms with E-state index < -0.39 is 29.7 Å². The zero-order valence-corrected chi connectivity index (χ0v) is 21.4. The Balaban J connectivity index is 2.15. The van der Waals surface area contributed by atoms with Gasteiger partial charge in [-0.3, -0.25) is 24.0 Å². The fraction of sp³-hybridized carbons (Fsp3) is 0.520. The summed E-state index contributed by atoms with van der Waals surface area (Å²) in [4.78, 5) is 53.6. The van der Waals surface area contributed by atoms with E-state index in [2.05, 4.69) is 11.9 Å². The molecular weight excluding hydrogens is 468 g/mol. The first-order valence-corrected chi connectivity index (χ1v) is 12.0. The number of aromatic nitrogens is 2. The maximum atomic E-state index is 13.0. The molecule has 2 aromatic rings. The third-order valence-corrected chi connectivity index (χ3v) is 5.29. The lowest BCUT2D eigenvalue weighted by Crippen LogP contribution is -2.44. The zero-order chi connectivity index (χ0) is 26.7. The molecule has 0 aliphatic carbocycles. The van der Waals surface area contributed by atoms with Crippen molar-refractivity contribution in [2.75, 3.05) is 44.1 Å². The molecular formula is C25H36N4O7. The summed E-state index contributed by atoms with van der Waals surface area (Å²) in [7, 11) is 1.44. The Hall–Kier alpha value is -3.60. The van der Waals surface area contributed by atoms with Gasteiger partial charge in [-0.25, -0.2) is 9.59 Å². The van der Waals surface area contributed by atoms with Crippen LogP contribution >= 0.6 is 0 Å². The summed E-state index contributed by atoms with van der Waals surface area (Å²) in [5.41, 5.74) is 4.71. The molecule has 3 N–H and O–H groups in total. The summed E-state index contributed by atoms with van der Waals surface area (Å²) in [5.74, 6) is -0.859. The van der Waals surface area contributed by atoms with E-state index >= 15 is 0 Å². The van der Waals surface area contributed by atoms with Gasteiger partial charge in [0.25, 0.3) is 11.5 Å².